The third-order valence-corrected chi connectivity index (χ3v) is 3.90. The Bertz CT molecular complexity index is 343. The molecule has 2 heteroatoms. The molecular formula is C14H18O2. The first-order valence-electron chi connectivity index (χ1n) is 6.23. The van der Waals surface area contributed by atoms with Crippen molar-refractivity contribution < 1.29 is 9.47 Å². The Hall–Kier alpha value is -1.02. The van der Waals surface area contributed by atoms with Crippen molar-refractivity contribution in [3.63, 3.8) is 0 Å². The van der Waals surface area contributed by atoms with E-state index in [9.17, 15) is 0 Å². The van der Waals surface area contributed by atoms with E-state index >= 15 is 0 Å². The second-order valence-corrected chi connectivity index (χ2v) is 4.86. The first kappa shape index (κ1) is 10.2. The third-order valence-electron chi connectivity index (χ3n) is 3.90. The van der Waals surface area contributed by atoms with Crippen molar-refractivity contribution in [3.05, 3.63) is 36.6 Å². The number of ether oxygens (including phenoxy) is 2. The molecule has 0 saturated heterocycles. The summed E-state index contributed by atoms with van der Waals surface area (Å²) in [5, 5.41) is 0. The van der Waals surface area contributed by atoms with E-state index in [-0.39, 0.29) is 11.9 Å². The summed E-state index contributed by atoms with van der Waals surface area (Å²) < 4.78 is 11.7. The first-order chi connectivity index (χ1) is 7.89. The molecule has 2 nitrogen and oxygen atoms in total. The maximum absolute atomic E-state index is 6.20. The van der Waals surface area contributed by atoms with Crippen LogP contribution in [-0.4, -0.2) is 11.9 Å². The minimum Gasteiger partial charge on any atom is -0.469 e. The highest BCUT2D eigenvalue weighted by atomic mass is 16.7. The third kappa shape index (κ3) is 1.71. The van der Waals surface area contributed by atoms with Gasteiger partial charge in [-0.2, -0.15) is 0 Å². The van der Waals surface area contributed by atoms with Crippen LogP contribution in [-0.2, 0) is 9.47 Å². The van der Waals surface area contributed by atoms with E-state index in [1.807, 2.05) is 18.2 Å². The van der Waals surface area contributed by atoms with Crippen molar-refractivity contribution in [2.24, 2.45) is 5.92 Å². The Balaban J connectivity index is 1.76. The molecule has 0 aromatic heterocycles. The number of rotatable bonds is 2. The van der Waals surface area contributed by atoms with Crippen molar-refractivity contribution in [1.29, 1.82) is 0 Å². The van der Waals surface area contributed by atoms with Gasteiger partial charge in [-0.15, -0.1) is 0 Å². The standard InChI is InChI=1S/C14H18O2/c1-3-9-14(10-5-7-12(14)6-1)16-13-8-2-4-11-15-13/h2-4,8-9,11-13H,1,5-7,10H2/t12-,13?,14-/m0/s1. The average Bonchev–Trinajstić information content (AvgIpc) is 2.73. The van der Waals surface area contributed by atoms with Gasteiger partial charge in [0.2, 0.25) is 6.29 Å². The van der Waals surface area contributed by atoms with Crippen molar-refractivity contribution >= 4 is 0 Å². The van der Waals surface area contributed by atoms with Gasteiger partial charge in [-0.05, 0) is 50.2 Å². The fourth-order valence-electron chi connectivity index (χ4n) is 3.11. The summed E-state index contributed by atoms with van der Waals surface area (Å²) in [5.41, 5.74) is -0.0432. The van der Waals surface area contributed by atoms with Crippen molar-refractivity contribution in [2.75, 3.05) is 0 Å². The van der Waals surface area contributed by atoms with Crippen LogP contribution >= 0.6 is 0 Å². The van der Waals surface area contributed by atoms with Gasteiger partial charge in [0.1, 0.15) is 0 Å². The quantitative estimate of drug-likeness (QED) is 0.662. The van der Waals surface area contributed by atoms with Crippen LogP contribution < -0.4 is 0 Å². The minimum absolute atomic E-state index is 0.0432. The zero-order valence-electron chi connectivity index (χ0n) is 9.47. The lowest BCUT2D eigenvalue weighted by molar-refractivity contribution is -0.161. The van der Waals surface area contributed by atoms with Crippen LogP contribution in [0.2, 0.25) is 0 Å². The molecule has 0 amide bonds. The first-order valence-corrected chi connectivity index (χ1v) is 6.23. The van der Waals surface area contributed by atoms with Crippen LogP contribution in [0, 0.1) is 5.92 Å². The predicted molar refractivity (Wildman–Crippen MR) is 62.7 cm³/mol. The molecule has 3 atom stereocenters. The van der Waals surface area contributed by atoms with Crippen LogP contribution in [0.15, 0.2) is 36.6 Å². The van der Waals surface area contributed by atoms with Gasteiger partial charge in [0, 0.05) is 0 Å². The summed E-state index contributed by atoms with van der Waals surface area (Å²) in [6.07, 6.45) is 18.1. The van der Waals surface area contributed by atoms with Crippen molar-refractivity contribution in [1.82, 2.24) is 0 Å². The molecule has 86 valence electrons. The SMILES string of the molecule is C1=COC(O[C@]23C=CCC[C@H]2CCC3)C=C1. The molecule has 1 fully saturated rings. The highest BCUT2D eigenvalue weighted by Gasteiger charge is 2.44. The Kier molecular flexibility index (Phi) is 2.60. The van der Waals surface area contributed by atoms with Gasteiger partial charge in [-0.3, -0.25) is 0 Å². The molecular weight excluding hydrogens is 200 g/mol. The normalized spacial score (nSPS) is 40.8. The molecule has 3 aliphatic rings. The molecule has 16 heavy (non-hydrogen) atoms. The summed E-state index contributed by atoms with van der Waals surface area (Å²) >= 11 is 0. The van der Waals surface area contributed by atoms with Crippen LogP contribution in [0.5, 0.6) is 0 Å². The van der Waals surface area contributed by atoms with Crippen LogP contribution in [0.25, 0.3) is 0 Å². The maximum Gasteiger partial charge on any atom is 0.219 e. The fourth-order valence-corrected chi connectivity index (χ4v) is 3.11. The van der Waals surface area contributed by atoms with Gasteiger partial charge in [0.15, 0.2) is 0 Å². The molecule has 2 aliphatic carbocycles. The van der Waals surface area contributed by atoms with E-state index in [2.05, 4.69) is 12.2 Å². The Morgan fingerprint density at radius 3 is 3.12 bits per heavy atom. The Labute approximate surface area is 96.6 Å². The van der Waals surface area contributed by atoms with Gasteiger partial charge in [0.05, 0.1) is 11.9 Å². The average molecular weight is 218 g/mol. The number of hydrogen-bond donors (Lipinski definition) is 0. The summed E-state index contributed by atoms with van der Waals surface area (Å²) in [5.74, 6) is 0.695. The second kappa shape index (κ2) is 4.10. The molecule has 0 aromatic rings. The highest BCUT2D eigenvalue weighted by Crippen LogP contribution is 2.45. The maximum atomic E-state index is 6.20. The highest BCUT2D eigenvalue weighted by molar-refractivity contribution is 5.14. The molecule has 1 saturated carbocycles. The zero-order chi connectivity index (χ0) is 10.8. The van der Waals surface area contributed by atoms with Crippen molar-refractivity contribution in [2.45, 2.75) is 44.0 Å². The Morgan fingerprint density at radius 2 is 2.25 bits per heavy atom. The van der Waals surface area contributed by atoms with Crippen LogP contribution in [0.4, 0.5) is 0 Å². The number of hydrogen-bond acceptors (Lipinski definition) is 2. The van der Waals surface area contributed by atoms with Gasteiger partial charge < -0.3 is 9.47 Å². The lowest BCUT2D eigenvalue weighted by Gasteiger charge is -2.37. The summed E-state index contributed by atoms with van der Waals surface area (Å²) in [6.45, 7) is 0. The lowest BCUT2D eigenvalue weighted by atomic mass is 9.82. The molecule has 0 radical (unpaired) electrons. The van der Waals surface area contributed by atoms with Gasteiger partial charge in [-0.25, -0.2) is 0 Å². The summed E-state index contributed by atoms with van der Waals surface area (Å²) in [7, 11) is 0. The summed E-state index contributed by atoms with van der Waals surface area (Å²) in [4.78, 5) is 0. The number of fused-ring (bicyclic) bond motifs is 1. The molecule has 0 N–H and O–H groups in total. The van der Waals surface area contributed by atoms with Crippen LogP contribution in [0.3, 0.4) is 0 Å². The van der Waals surface area contributed by atoms with E-state index in [1.165, 1.54) is 25.7 Å². The second-order valence-electron chi connectivity index (χ2n) is 4.86. The van der Waals surface area contributed by atoms with Crippen molar-refractivity contribution in [3.8, 4) is 0 Å². The largest absolute Gasteiger partial charge is 0.469 e. The van der Waals surface area contributed by atoms with Crippen LogP contribution in [0.1, 0.15) is 32.1 Å². The van der Waals surface area contributed by atoms with Gasteiger partial charge in [-0.1, -0.05) is 18.2 Å². The van der Waals surface area contributed by atoms with E-state index in [0.717, 1.165) is 6.42 Å². The fraction of sp³-hybridized carbons (Fsp3) is 0.571. The van der Waals surface area contributed by atoms with E-state index < -0.39 is 0 Å². The lowest BCUT2D eigenvalue weighted by Crippen LogP contribution is -2.40. The topological polar surface area (TPSA) is 18.5 Å². The van der Waals surface area contributed by atoms with E-state index in [4.69, 9.17) is 9.47 Å². The molecule has 1 unspecified atom stereocenters. The molecule has 0 bridgehead atoms. The molecule has 0 aromatic carbocycles. The Morgan fingerprint density at radius 1 is 1.25 bits per heavy atom. The molecule has 3 rings (SSSR count). The summed E-state index contributed by atoms with van der Waals surface area (Å²) in [6, 6.07) is 0. The monoisotopic (exact) mass is 218 g/mol. The molecule has 0 spiro atoms. The molecule has 1 aliphatic heterocycles. The van der Waals surface area contributed by atoms with Gasteiger partial charge >= 0.3 is 0 Å². The van der Waals surface area contributed by atoms with Gasteiger partial charge in [0.25, 0.3) is 0 Å². The molecule has 1 heterocycles. The van der Waals surface area contributed by atoms with E-state index in [0.29, 0.717) is 5.92 Å². The zero-order valence-corrected chi connectivity index (χ0v) is 9.47. The van der Waals surface area contributed by atoms with E-state index in [1.54, 1.807) is 6.26 Å². The minimum atomic E-state index is -0.201. The smallest absolute Gasteiger partial charge is 0.219 e. The number of allylic oxidation sites excluding steroid dienone is 3. The predicted octanol–water partition coefficient (Wildman–Crippen LogP) is 3.32.